The molecule has 166 valence electrons. The summed E-state index contributed by atoms with van der Waals surface area (Å²) in [5.41, 5.74) is 6.08. The van der Waals surface area contributed by atoms with E-state index in [0.29, 0.717) is 17.2 Å². The van der Waals surface area contributed by atoms with Crippen LogP contribution >= 0.6 is 0 Å². The highest BCUT2D eigenvalue weighted by Crippen LogP contribution is 2.27. The zero-order valence-electron chi connectivity index (χ0n) is 19.8. The summed E-state index contributed by atoms with van der Waals surface area (Å²) in [6, 6.07) is 15.7. The molecule has 6 nitrogen and oxygen atoms in total. The Labute approximate surface area is 193 Å². The zero-order chi connectivity index (χ0) is 23.9. The number of aryl methyl sites for hydroxylation is 3. The first-order valence-electron chi connectivity index (χ1n) is 10.9. The quantitative estimate of drug-likeness (QED) is 0.441. The van der Waals surface area contributed by atoms with Gasteiger partial charge in [0.15, 0.2) is 11.6 Å². The molecular formula is C27H27N5O. The molecule has 33 heavy (non-hydrogen) atoms. The van der Waals surface area contributed by atoms with Crippen molar-refractivity contribution in [1.29, 1.82) is 5.26 Å². The van der Waals surface area contributed by atoms with Crippen LogP contribution in [0.2, 0.25) is 0 Å². The summed E-state index contributed by atoms with van der Waals surface area (Å²) in [5, 5.41) is 17.9. The van der Waals surface area contributed by atoms with Crippen molar-refractivity contribution >= 4 is 22.6 Å². The Bertz CT molecular complexity index is 1420. The molecule has 0 atom stereocenters. The maximum atomic E-state index is 13.0. The number of rotatable bonds is 3. The summed E-state index contributed by atoms with van der Waals surface area (Å²) in [6.45, 7) is 12.5. The van der Waals surface area contributed by atoms with Crippen LogP contribution in [0.4, 0.5) is 5.82 Å². The molecule has 4 rings (SSSR count). The fourth-order valence-corrected chi connectivity index (χ4v) is 3.96. The van der Waals surface area contributed by atoms with Crippen LogP contribution in [-0.2, 0) is 5.41 Å². The molecule has 0 radical (unpaired) electrons. The van der Waals surface area contributed by atoms with Gasteiger partial charge < -0.3 is 5.32 Å². The Kier molecular flexibility index (Phi) is 5.51. The molecule has 0 bridgehead atoms. The first-order chi connectivity index (χ1) is 15.6. The minimum absolute atomic E-state index is 0.00210. The number of nitrogens with one attached hydrogen (secondary N) is 1. The number of fused-ring (bicyclic) bond motifs is 1. The predicted octanol–water partition coefficient (Wildman–Crippen LogP) is 5.77. The van der Waals surface area contributed by atoms with Crippen LogP contribution < -0.4 is 5.32 Å². The van der Waals surface area contributed by atoms with Gasteiger partial charge in [-0.25, -0.2) is 4.98 Å². The van der Waals surface area contributed by atoms with E-state index in [0.717, 1.165) is 27.6 Å². The first kappa shape index (κ1) is 22.2. The lowest BCUT2D eigenvalue weighted by atomic mass is 9.87. The van der Waals surface area contributed by atoms with Crippen LogP contribution in [0.5, 0.6) is 0 Å². The van der Waals surface area contributed by atoms with Gasteiger partial charge in [-0.3, -0.25) is 4.79 Å². The highest BCUT2D eigenvalue weighted by atomic mass is 16.1. The van der Waals surface area contributed by atoms with Crippen molar-refractivity contribution in [2.24, 2.45) is 0 Å². The number of pyridine rings is 1. The number of carbonyl (C=O) groups excluding carboxylic acids is 1. The van der Waals surface area contributed by atoms with Crippen molar-refractivity contribution in [3.63, 3.8) is 0 Å². The third-order valence-electron chi connectivity index (χ3n) is 5.79. The van der Waals surface area contributed by atoms with E-state index in [1.807, 2.05) is 32.0 Å². The molecule has 0 saturated heterocycles. The van der Waals surface area contributed by atoms with Crippen molar-refractivity contribution in [2.75, 3.05) is 5.32 Å². The fourth-order valence-electron chi connectivity index (χ4n) is 3.96. The lowest BCUT2D eigenvalue weighted by Crippen LogP contribution is -2.17. The predicted molar refractivity (Wildman–Crippen MR) is 131 cm³/mol. The van der Waals surface area contributed by atoms with E-state index in [4.69, 9.17) is 4.98 Å². The molecule has 2 aromatic carbocycles. The molecule has 2 heterocycles. The number of benzene rings is 2. The highest BCUT2D eigenvalue weighted by Gasteiger charge is 2.19. The molecule has 0 aliphatic heterocycles. The number of anilines is 1. The topological polar surface area (TPSA) is 83.6 Å². The third-order valence-corrected chi connectivity index (χ3v) is 5.79. The van der Waals surface area contributed by atoms with E-state index < -0.39 is 0 Å². The normalized spacial score (nSPS) is 11.4. The van der Waals surface area contributed by atoms with E-state index in [1.54, 1.807) is 12.1 Å². The fraction of sp³-hybridized carbons (Fsp3) is 0.259. The number of nitrogens with zero attached hydrogens (tertiary/aromatic N) is 4. The Morgan fingerprint density at radius 3 is 2.36 bits per heavy atom. The third kappa shape index (κ3) is 4.22. The molecule has 0 unspecified atom stereocenters. The Balaban J connectivity index is 1.74. The van der Waals surface area contributed by atoms with Gasteiger partial charge in [-0.15, -0.1) is 0 Å². The molecule has 1 amide bonds. The number of carbonyl (C=O) groups is 1. The molecule has 1 N–H and O–H groups in total. The molecule has 4 aromatic rings. The van der Waals surface area contributed by atoms with Gasteiger partial charge in [-0.1, -0.05) is 44.5 Å². The van der Waals surface area contributed by atoms with Crippen LogP contribution in [0.25, 0.3) is 16.7 Å². The molecular weight excluding hydrogens is 410 g/mol. The van der Waals surface area contributed by atoms with Gasteiger partial charge in [0.2, 0.25) is 0 Å². The Hall–Kier alpha value is -3.98. The van der Waals surface area contributed by atoms with E-state index >= 15 is 0 Å². The average Bonchev–Trinajstić information content (AvgIpc) is 3.16. The standard InChI is InChI=1S/C27H27N5O/c1-16-11-18(3)24-22(12-16)17(2)13-23(30-24)32-25(20(14-28)15-29-32)31-26(33)19-7-9-21(10-8-19)27(4,5)6/h7-13,15H,1-6H3,(H,31,33). The zero-order valence-corrected chi connectivity index (χ0v) is 19.8. The van der Waals surface area contributed by atoms with Crippen molar-refractivity contribution in [1.82, 2.24) is 14.8 Å². The molecule has 0 fully saturated rings. The molecule has 2 aromatic heterocycles. The minimum atomic E-state index is -0.307. The largest absolute Gasteiger partial charge is 0.305 e. The second-order valence-corrected chi connectivity index (χ2v) is 9.49. The summed E-state index contributed by atoms with van der Waals surface area (Å²) >= 11 is 0. The van der Waals surface area contributed by atoms with Gasteiger partial charge in [0.05, 0.1) is 11.7 Å². The van der Waals surface area contributed by atoms with E-state index in [2.05, 4.69) is 56.3 Å². The van der Waals surface area contributed by atoms with Crippen LogP contribution in [0.1, 0.15) is 58.9 Å². The number of hydrogen-bond acceptors (Lipinski definition) is 4. The maximum Gasteiger partial charge on any atom is 0.256 e. The van der Waals surface area contributed by atoms with Crippen molar-refractivity contribution in [3.05, 3.63) is 82.0 Å². The van der Waals surface area contributed by atoms with Gasteiger partial charge in [0.1, 0.15) is 11.6 Å². The molecule has 0 aliphatic rings. The molecule has 0 aliphatic carbocycles. The van der Waals surface area contributed by atoms with Crippen molar-refractivity contribution < 1.29 is 4.79 Å². The van der Waals surface area contributed by atoms with Gasteiger partial charge >= 0.3 is 0 Å². The summed E-state index contributed by atoms with van der Waals surface area (Å²) in [6.07, 6.45) is 1.45. The highest BCUT2D eigenvalue weighted by molar-refractivity contribution is 6.04. The molecule has 6 heteroatoms. The summed E-state index contributed by atoms with van der Waals surface area (Å²) in [4.78, 5) is 17.8. The summed E-state index contributed by atoms with van der Waals surface area (Å²) in [7, 11) is 0. The van der Waals surface area contributed by atoms with Crippen LogP contribution in [0.15, 0.2) is 48.7 Å². The van der Waals surface area contributed by atoms with E-state index in [9.17, 15) is 10.1 Å². The summed E-state index contributed by atoms with van der Waals surface area (Å²) < 4.78 is 1.52. The monoisotopic (exact) mass is 437 g/mol. The van der Waals surface area contributed by atoms with Gasteiger partial charge in [-0.05, 0) is 67.1 Å². The Morgan fingerprint density at radius 1 is 1.03 bits per heavy atom. The average molecular weight is 438 g/mol. The van der Waals surface area contributed by atoms with Gasteiger partial charge in [0.25, 0.3) is 5.91 Å². The number of aromatic nitrogens is 3. The summed E-state index contributed by atoms with van der Waals surface area (Å²) in [5.74, 6) is 0.545. The van der Waals surface area contributed by atoms with E-state index in [1.165, 1.54) is 16.4 Å². The first-order valence-corrected chi connectivity index (χ1v) is 10.9. The van der Waals surface area contributed by atoms with E-state index in [-0.39, 0.29) is 16.9 Å². The van der Waals surface area contributed by atoms with Crippen molar-refractivity contribution in [3.8, 4) is 11.9 Å². The number of amides is 1. The molecule has 0 saturated carbocycles. The lowest BCUT2D eigenvalue weighted by Gasteiger charge is -2.19. The van der Waals surface area contributed by atoms with Crippen LogP contribution in [0.3, 0.4) is 0 Å². The smallest absolute Gasteiger partial charge is 0.256 e. The van der Waals surface area contributed by atoms with Gasteiger partial charge in [-0.2, -0.15) is 15.0 Å². The number of nitriles is 1. The second kappa shape index (κ2) is 8.18. The Morgan fingerprint density at radius 2 is 1.73 bits per heavy atom. The maximum absolute atomic E-state index is 13.0. The lowest BCUT2D eigenvalue weighted by molar-refractivity contribution is 0.102. The van der Waals surface area contributed by atoms with Crippen molar-refractivity contribution in [2.45, 2.75) is 47.0 Å². The minimum Gasteiger partial charge on any atom is -0.305 e. The van der Waals surface area contributed by atoms with Crippen LogP contribution in [-0.4, -0.2) is 20.7 Å². The second-order valence-electron chi connectivity index (χ2n) is 9.49. The number of hydrogen-bond donors (Lipinski definition) is 1. The SMILES string of the molecule is Cc1cc(C)c2nc(-n3ncc(C#N)c3NC(=O)c3ccc(C(C)(C)C)cc3)cc(C)c2c1. The van der Waals surface area contributed by atoms with Crippen LogP contribution in [0, 0.1) is 32.1 Å². The van der Waals surface area contributed by atoms with Gasteiger partial charge in [0, 0.05) is 10.9 Å². The molecule has 0 spiro atoms.